The van der Waals surface area contributed by atoms with Gasteiger partial charge in [0.1, 0.15) is 5.75 Å². The number of ether oxygens (including phenoxy) is 1. The normalized spacial score (nSPS) is 10.5. The van der Waals surface area contributed by atoms with E-state index in [4.69, 9.17) is 27.9 Å². The van der Waals surface area contributed by atoms with Gasteiger partial charge in [-0.25, -0.2) is 9.59 Å². The summed E-state index contributed by atoms with van der Waals surface area (Å²) in [7, 11) is 1.71. The average Bonchev–Trinajstić information content (AvgIpc) is 2.53. The van der Waals surface area contributed by atoms with Crippen LogP contribution in [0.1, 0.15) is 24.2 Å². The van der Waals surface area contributed by atoms with E-state index >= 15 is 0 Å². The molecule has 25 heavy (non-hydrogen) atoms. The third-order valence-electron chi connectivity index (χ3n) is 3.51. The van der Waals surface area contributed by atoms with Crippen LogP contribution in [0.4, 0.5) is 10.5 Å². The van der Waals surface area contributed by atoms with E-state index in [1.165, 1.54) is 12.1 Å². The first-order chi connectivity index (χ1) is 11.8. The number of rotatable bonds is 4. The predicted molar refractivity (Wildman–Crippen MR) is 99.8 cm³/mol. The lowest BCUT2D eigenvalue weighted by Crippen LogP contribution is -2.36. The largest absolute Gasteiger partial charge is 0.423 e. The van der Waals surface area contributed by atoms with Crippen LogP contribution in [0, 0.1) is 0 Å². The van der Waals surface area contributed by atoms with Crippen molar-refractivity contribution in [1.29, 1.82) is 0 Å². The Morgan fingerprint density at radius 1 is 1.04 bits per heavy atom. The highest BCUT2D eigenvalue weighted by Crippen LogP contribution is 2.25. The second kappa shape index (κ2) is 8.23. The molecule has 0 aliphatic rings. The summed E-state index contributed by atoms with van der Waals surface area (Å²) in [6, 6.07) is 10.8. The molecule has 0 bridgehead atoms. The topological polar surface area (TPSA) is 58.6 Å². The highest BCUT2D eigenvalue weighted by Gasteiger charge is 2.13. The summed E-state index contributed by atoms with van der Waals surface area (Å²) < 4.78 is 5.25. The van der Waals surface area contributed by atoms with Crippen LogP contribution >= 0.6 is 23.2 Å². The second-order valence-electron chi connectivity index (χ2n) is 5.71. The number of carbonyl (C=O) groups excluding carboxylic acids is 2. The molecule has 2 aromatic rings. The van der Waals surface area contributed by atoms with E-state index in [-0.39, 0.29) is 17.8 Å². The third-order valence-corrected chi connectivity index (χ3v) is 3.95. The van der Waals surface area contributed by atoms with Crippen LogP contribution in [0.2, 0.25) is 10.0 Å². The van der Waals surface area contributed by atoms with Gasteiger partial charge in [0.15, 0.2) is 0 Å². The molecule has 0 spiro atoms. The summed E-state index contributed by atoms with van der Waals surface area (Å²) in [5, 5.41) is 3.51. The van der Waals surface area contributed by atoms with E-state index in [1.54, 1.807) is 42.3 Å². The van der Waals surface area contributed by atoms with Crippen LogP contribution in [0.25, 0.3) is 0 Å². The molecule has 2 rings (SSSR count). The number of amides is 2. The summed E-state index contributed by atoms with van der Waals surface area (Å²) in [5.74, 6) is -0.283. The first kappa shape index (κ1) is 19.1. The molecule has 1 N–H and O–H groups in total. The lowest BCUT2D eigenvalue weighted by molar-refractivity contribution is 0.0735. The van der Waals surface area contributed by atoms with Gasteiger partial charge in [0, 0.05) is 28.8 Å². The molecule has 0 aromatic heterocycles. The minimum Gasteiger partial charge on any atom is -0.423 e. The summed E-state index contributed by atoms with van der Waals surface area (Å²) >= 11 is 11.8. The van der Waals surface area contributed by atoms with Gasteiger partial charge in [-0.15, -0.1) is 0 Å². The highest BCUT2D eigenvalue weighted by atomic mass is 35.5. The van der Waals surface area contributed by atoms with E-state index < -0.39 is 5.97 Å². The van der Waals surface area contributed by atoms with E-state index in [0.717, 1.165) is 0 Å². The van der Waals surface area contributed by atoms with Gasteiger partial charge in [-0.1, -0.05) is 23.2 Å². The number of hydrogen-bond donors (Lipinski definition) is 1. The molecule has 5 nitrogen and oxygen atoms in total. The molecule has 0 heterocycles. The van der Waals surface area contributed by atoms with E-state index in [9.17, 15) is 9.59 Å². The van der Waals surface area contributed by atoms with E-state index in [0.29, 0.717) is 21.3 Å². The lowest BCUT2D eigenvalue weighted by Gasteiger charge is -2.21. The molecule has 0 fully saturated rings. The molecule has 0 aliphatic carbocycles. The zero-order chi connectivity index (χ0) is 18.6. The maximum atomic E-state index is 12.2. The number of nitrogens with zero attached hydrogens (tertiary/aromatic N) is 1. The smallest absolute Gasteiger partial charge is 0.343 e. The maximum Gasteiger partial charge on any atom is 0.343 e. The van der Waals surface area contributed by atoms with Crippen molar-refractivity contribution in [3.63, 3.8) is 0 Å². The Bertz CT molecular complexity index is 756. The molecule has 132 valence electrons. The van der Waals surface area contributed by atoms with Crippen molar-refractivity contribution in [2.75, 3.05) is 12.4 Å². The van der Waals surface area contributed by atoms with Gasteiger partial charge in [0.05, 0.1) is 5.56 Å². The van der Waals surface area contributed by atoms with Crippen LogP contribution in [-0.4, -0.2) is 30.0 Å². The van der Waals surface area contributed by atoms with Crippen molar-refractivity contribution in [1.82, 2.24) is 4.90 Å². The Morgan fingerprint density at radius 2 is 1.60 bits per heavy atom. The molecule has 0 aliphatic heterocycles. The first-order valence-electron chi connectivity index (χ1n) is 7.58. The molecule has 7 heteroatoms. The van der Waals surface area contributed by atoms with Crippen molar-refractivity contribution >= 4 is 40.9 Å². The van der Waals surface area contributed by atoms with Crippen LogP contribution in [-0.2, 0) is 0 Å². The SMILES string of the molecule is CC(C)N(C)C(=O)Nc1ccc(C(=O)Oc2cc(Cl)cc(Cl)c2)cc1. The van der Waals surface area contributed by atoms with Crippen molar-refractivity contribution in [2.24, 2.45) is 0 Å². The number of urea groups is 1. The van der Waals surface area contributed by atoms with Gasteiger partial charge >= 0.3 is 12.0 Å². The number of carbonyl (C=O) groups is 2. The maximum absolute atomic E-state index is 12.2. The Labute approximate surface area is 156 Å². The summed E-state index contributed by atoms with van der Waals surface area (Å²) in [6.45, 7) is 3.83. The van der Waals surface area contributed by atoms with Gasteiger partial charge < -0.3 is 15.0 Å². The third kappa shape index (κ3) is 5.37. The van der Waals surface area contributed by atoms with Crippen LogP contribution in [0.5, 0.6) is 5.75 Å². The van der Waals surface area contributed by atoms with Crippen LogP contribution < -0.4 is 10.1 Å². The standard InChI is InChI=1S/C18H18Cl2N2O3/c1-11(2)22(3)18(24)21-15-6-4-12(5-7-15)17(23)25-16-9-13(19)8-14(20)10-16/h4-11H,1-3H3,(H,21,24). The van der Waals surface area contributed by atoms with Crippen molar-refractivity contribution in [2.45, 2.75) is 19.9 Å². The number of nitrogens with one attached hydrogen (secondary N) is 1. The van der Waals surface area contributed by atoms with Gasteiger partial charge in [0.25, 0.3) is 0 Å². The molecule has 2 amide bonds. The monoisotopic (exact) mass is 380 g/mol. The zero-order valence-electron chi connectivity index (χ0n) is 14.0. The molecular formula is C18H18Cl2N2O3. The van der Waals surface area contributed by atoms with Gasteiger partial charge in [-0.2, -0.15) is 0 Å². The van der Waals surface area contributed by atoms with Crippen LogP contribution in [0.15, 0.2) is 42.5 Å². The number of benzene rings is 2. The molecule has 2 aromatic carbocycles. The fourth-order valence-electron chi connectivity index (χ4n) is 1.89. The average molecular weight is 381 g/mol. The minimum atomic E-state index is -0.546. The quantitative estimate of drug-likeness (QED) is 0.593. The molecule has 0 saturated carbocycles. The fraction of sp³-hybridized carbons (Fsp3) is 0.222. The Hall–Kier alpha value is -2.24. The molecule has 0 atom stereocenters. The second-order valence-corrected chi connectivity index (χ2v) is 6.58. The van der Waals surface area contributed by atoms with Gasteiger partial charge in [-0.05, 0) is 56.3 Å². The zero-order valence-corrected chi connectivity index (χ0v) is 15.6. The predicted octanol–water partition coefficient (Wildman–Crippen LogP) is 5.08. The molecular weight excluding hydrogens is 363 g/mol. The first-order valence-corrected chi connectivity index (χ1v) is 8.34. The Morgan fingerprint density at radius 3 is 2.12 bits per heavy atom. The lowest BCUT2D eigenvalue weighted by atomic mass is 10.2. The summed E-state index contributed by atoms with van der Waals surface area (Å²) in [4.78, 5) is 25.7. The molecule has 0 saturated heterocycles. The highest BCUT2D eigenvalue weighted by molar-refractivity contribution is 6.34. The van der Waals surface area contributed by atoms with Crippen LogP contribution in [0.3, 0.4) is 0 Å². The van der Waals surface area contributed by atoms with Crippen molar-refractivity contribution in [3.8, 4) is 5.75 Å². The van der Waals surface area contributed by atoms with E-state index in [1.807, 2.05) is 13.8 Å². The van der Waals surface area contributed by atoms with Crippen molar-refractivity contribution in [3.05, 3.63) is 58.1 Å². The number of anilines is 1. The number of esters is 1. The number of hydrogen-bond acceptors (Lipinski definition) is 3. The van der Waals surface area contributed by atoms with Crippen molar-refractivity contribution < 1.29 is 14.3 Å². The molecule has 0 unspecified atom stereocenters. The summed E-state index contributed by atoms with van der Waals surface area (Å²) in [5.41, 5.74) is 0.922. The Balaban J connectivity index is 2.04. The van der Waals surface area contributed by atoms with E-state index in [2.05, 4.69) is 5.32 Å². The van der Waals surface area contributed by atoms with Gasteiger partial charge in [-0.3, -0.25) is 0 Å². The van der Waals surface area contributed by atoms with Gasteiger partial charge in [0.2, 0.25) is 0 Å². The fourth-order valence-corrected chi connectivity index (χ4v) is 2.40. The summed E-state index contributed by atoms with van der Waals surface area (Å²) in [6.07, 6.45) is 0. The molecule has 0 radical (unpaired) electrons. The minimum absolute atomic E-state index is 0.0822. The Kier molecular flexibility index (Phi) is 6.28. The number of halogens is 2.